The van der Waals surface area contributed by atoms with Crippen LogP contribution in [0, 0.1) is 11.3 Å². The first-order chi connectivity index (χ1) is 13.4. The van der Waals surface area contributed by atoms with Crippen molar-refractivity contribution in [2.24, 2.45) is 18.4 Å². The number of allylic oxidation sites excluding steroid dienone is 1. The molecule has 7 nitrogen and oxygen atoms in total. The van der Waals surface area contributed by atoms with Gasteiger partial charge in [0.1, 0.15) is 11.1 Å². The Balaban J connectivity index is 1.93. The molecular weight excluding hydrogens is 406 g/mol. The second-order valence-corrected chi connectivity index (χ2v) is 12.5. The number of carboxylic acids is 1. The molecular formula is C20H29N3O4SSi. The minimum atomic E-state index is -1.43. The van der Waals surface area contributed by atoms with E-state index in [0.717, 1.165) is 5.56 Å². The molecule has 0 saturated carbocycles. The van der Waals surface area contributed by atoms with E-state index < -0.39 is 20.6 Å². The molecule has 3 atom stereocenters. The summed E-state index contributed by atoms with van der Waals surface area (Å²) in [6.45, 7) is 12.4. The molecule has 0 bridgehead atoms. The normalized spacial score (nSPS) is 24.3. The molecule has 3 heterocycles. The van der Waals surface area contributed by atoms with Crippen LogP contribution >= 0.6 is 11.8 Å². The highest BCUT2D eigenvalue weighted by molar-refractivity contribution is 8.04. The molecule has 29 heavy (non-hydrogen) atoms. The van der Waals surface area contributed by atoms with E-state index in [0.29, 0.717) is 4.91 Å². The number of rotatable bonds is 6. The number of nitrogens with zero attached hydrogens (tertiary/aromatic N) is 3. The zero-order valence-electron chi connectivity index (χ0n) is 18.0. The zero-order valence-corrected chi connectivity index (χ0v) is 19.9. The molecule has 1 saturated heterocycles. The number of hydrogen-bond acceptors (Lipinski definition) is 5. The van der Waals surface area contributed by atoms with Crippen LogP contribution in [0.1, 0.15) is 33.3 Å². The van der Waals surface area contributed by atoms with Crippen LogP contribution in [0.15, 0.2) is 29.1 Å². The average Bonchev–Trinajstić information content (AvgIpc) is 3.12. The molecule has 1 unspecified atom stereocenters. The van der Waals surface area contributed by atoms with Crippen LogP contribution < -0.4 is 0 Å². The lowest BCUT2D eigenvalue weighted by Crippen LogP contribution is -2.69. The number of aromatic nitrogens is 2. The summed E-state index contributed by atoms with van der Waals surface area (Å²) in [5.74, 6) is -1.65. The zero-order chi connectivity index (χ0) is 21.7. The Bertz CT molecular complexity index is 902. The van der Waals surface area contributed by atoms with E-state index in [1.54, 1.807) is 17.0 Å². The van der Waals surface area contributed by atoms with Crippen LogP contribution in [-0.2, 0) is 21.1 Å². The monoisotopic (exact) mass is 435 g/mol. The minimum absolute atomic E-state index is 0.0550. The summed E-state index contributed by atoms with van der Waals surface area (Å²) in [6, 6.07) is 0. The van der Waals surface area contributed by atoms with Gasteiger partial charge in [-0.05, 0) is 31.5 Å². The molecule has 9 heteroatoms. The molecule has 1 aromatic rings. The number of thioether (sulfide) groups is 1. The van der Waals surface area contributed by atoms with Gasteiger partial charge in [-0.25, -0.2) is 4.79 Å². The number of amides is 1. The summed E-state index contributed by atoms with van der Waals surface area (Å²) in [5.41, 5.74) is -0.00439. The van der Waals surface area contributed by atoms with Gasteiger partial charge in [-0.2, -0.15) is 5.10 Å². The summed E-state index contributed by atoms with van der Waals surface area (Å²) in [5, 5.41) is 13.6. The van der Waals surface area contributed by atoms with E-state index in [2.05, 4.69) is 39.0 Å². The predicted octanol–water partition coefficient (Wildman–Crippen LogP) is 3.07. The highest BCUT2D eigenvalue weighted by Crippen LogP contribution is 2.57. The molecule has 0 aromatic carbocycles. The number of β-lactam (4-membered cyclic amide) rings is 1. The fourth-order valence-corrected chi connectivity index (χ4v) is 6.88. The van der Waals surface area contributed by atoms with Crippen molar-refractivity contribution in [2.45, 2.75) is 51.8 Å². The first-order valence-corrected chi connectivity index (χ1v) is 13.3. The average molecular weight is 436 g/mol. The van der Waals surface area contributed by atoms with Crippen molar-refractivity contribution in [1.82, 2.24) is 14.7 Å². The van der Waals surface area contributed by atoms with Gasteiger partial charge >= 0.3 is 5.97 Å². The van der Waals surface area contributed by atoms with Gasteiger partial charge in [0.15, 0.2) is 9.04 Å². The van der Waals surface area contributed by atoms with Crippen molar-refractivity contribution < 1.29 is 19.1 Å². The molecule has 2 aliphatic heterocycles. The number of fused-ring (bicyclic) bond motifs is 1. The van der Waals surface area contributed by atoms with Crippen LogP contribution in [0.3, 0.4) is 0 Å². The van der Waals surface area contributed by atoms with Gasteiger partial charge in [-0.3, -0.25) is 14.4 Å². The topological polar surface area (TPSA) is 84.7 Å². The second kappa shape index (κ2) is 7.44. The molecule has 158 valence electrons. The van der Waals surface area contributed by atoms with Crippen molar-refractivity contribution in [3.8, 4) is 0 Å². The maximum absolute atomic E-state index is 13.2. The Morgan fingerprint density at radius 2 is 1.97 bits per heavy atom. The third-order valence-electron chi connectivity index (χ3n) is 5.68. The van der Waals surface area contributed by atoms with Crippen molar-refractivity contribution >= 4 is 38.8 Å². The first-order valence-electron chi connectivity index (χ1n) is 9.68. The molecule has 1 amide bonds. The van der Waals surface area contributed by atoms with E-state index in [4.69, 9.17) is 4.43 Å². The van der Waals surface area contributed by atoms with Crippen molar-refractivity contribution in [1.29, 1.82) is 0 Å². The molecule has 0 aliphatic carbocycles. The highest BCUT2D eigenvalue weighted by atomic mass is 32.2. The van der Waals surface area contributed by atoms with Crippen LogP contribution in [0.2, 0.25) is 13.1 Å². The third kappa shape index (κ3) is 3.71. The SMILES string of the molecule is Cn1cc(/C=C/C2=C(C(=O)O)N3C(=O)[C@H](C(C)(O[SiH](C)C)C(C)(C)C)[C@H]3S2)cn1. The predicted molar refractivity (Wildman–Crippen MR) is 116 cm³/mol. The number of carbonyl (C=O) groups is 2. The third-order valence-corrected chi connectivity index (χ3v) is 7.95. The molecule has 0 radical (unpaired) electrons. The Hall–Kier alpha value is -1.84. The molecule has 0 spiro atoms. The van der Waals surface area contributed by atoms with E-state index in [9.17, 15) is 14.7 Å². The summed E-state index contributed by atoms with van der Waals surface area (Å²) in [6.07, 6.45) is 7.14. The van der Waals surface area contributed by atoms with E-state index in [1.807, 2.05) is 26.2 Å². The number of hydrogen-bond donors (Lipinski definition) is 1. The summed E-state index contributed by atoms with van der Waals surface area (Å²) in [7, 11) is 0.390. The lowest BCUT2D eigenvalue weighted by Gasteiger charge is -2.56. The first kappa shape index (κ1) is 21.9. The van der Waals surface area contributed by atoms with Crippen LogP contribution in [0.4, 0.5) is 0 Å². The van der Waals surface area contributed by atoms with Crippen molar-refractivity contribution in [3.63, 3.8) is 0 Å². The Morgan fingerprint density at radius 3 is 2.45 bits per heavy atom. The van der Waals surface area contributed by atoms with Crippen molar-refractivity contribution in [3.05, 3.63) is 34.6 Å². The number of carbonyl (C=O) groups excluding carboxylic acids is 1. The van der Waals surface area contributed by atoms with E-state index in [-0.39, 0.29) is 28.3 Å². The number of aliphatic carboxylic acids is 1. The molecule has 3 rings (SSSR count). The van der Waals surface area contributed by atoms with E-state index >= 15 is 0 Å². The smallest absolute Gasteiger partial charge is 0.353 e. The maximum Gasteiger partial charge on any atom is 0.353 e. The maximum atomic E-state index is 13.2. The second-order valence-electron chi connectivity index (χ2n) is 9.02. The van der Waals surface area contributed by atoms with E-state index in [1.165, 1.54) is 16.7 Å². The van der Waals surface area contributed by atoms with Gasteiger partial charge < -0.3 is 9.53 Å². The van der Waals surface area contributed by atoms with Crippen molar-refractivity contribution in [2.75, 3.05) is 0 Å². The van der Waals surface area contributed by atoms with Gasteiger partial charge in [-0.15, -0.1) is 0 Å². The van der Waals surface area contributed by atoms with Crippen LogP contribution in [0.25, 0.3) is 6.08 Å². The lowest BCUT2D eigenvalue weighted by molar-refractivity contribution is -0.173. The fraction of sp³-hybridized carbons (Fsp3) is 0.550. The summed E-state index contributed by atoms with van der Waals surface area (Å²) < 4.78 is 8.11. The fourth-order valence-electron chi connectivity index (χ4n) is 3.87. The van der Waals surface area contributed by atoms with Gasteiger partial charge in [0.05, 0.1) is 17.7 Å². The number of carboxylic acid groups (broad SMARTS) is 1. The molecule has 2 aliphatic rings. The Morgan fingerprint density at radius 1 is 1.31 bits per heavy atom. The largest absolute Gasteiger partial charge is 0.477 e. The minimum Gasteiger partial charge on any atom is -0.477 e. The van der Waals surface area contributed by atoms with Gasteiger partial charge in [0.25, 0.3) is 0 Å². The summed E-state index contributed by atoms with van der Waals surface area (Å²) >= 11 is 1.43. The quantitative estimate of drug-likeness (QED) is 0.546. The molecule has 1 fully saturated rings. The Labute approximate surface area is 177 Å². The lowest BCUT2D eigenvalue weighted by atomic mass is 9.66. The van der Waals surface area contributed by atoms with Gasteiger partial charge in [0, 0.05) is 23.7 Å². The van der Waals surface area contributed by atoms with Crippen LogP contribution in [0.5, 0.6) is 0 Å². The molecule has 1 N–H and O–H groups in total. The Kier molecular flexibility index (Phi) is 5.61. The highest BCUT2D eigenvalue weighted by Gasteiger charge is 2.65. The standard InChI is InChI=1S/C20H29N3O4SSi/c1-19(2,3)20(4,27-29(6)7)14-16(24)23-15(18(25)26)13(28-17(14)23)9-8-12-10-21-22(5)11-12/h8-11,14,17,29H,1-7H3,(H,25,26)/b9-8+/t14-,17+,20?/m0/s1. The number of aryl methyl sites for hydroxylation is 1. The van der Waals surface area contributed by atoms with Gasteiger partial charge in [0.2, 0.25) is 5.91 Å². The van der Waals surface area contributed by atoms with Gasteiger partial charge in [-0.1, -0.05) is 38.6 Å². The summed E-state index contributed by atoms with van der Waals surface area (Å²) in [4.78, 5) is 27.1. The molecule has 1 aromatic heterocycles. The van der Waals surface area contributed by atoms with Crippen LogP contribution in [-0.4, -0.2) is 51.7 Å².